The third-order valence-electron chi connectivity index (χ3n) is 4.72. The number of benzene rings is 1. The van der Waals surface area contributed by atoms with Crippen molar-refractivity contribution in [3.8, 4) is 0 Å². The Hall–Kier alpha value is -2.72. The molecule has 188 valence electrons. The smallest absolute Gasteiger partial charge is 0.414 e. The van der Waals surface area contributed by atoms with Gasteiger partial charge in [-0.15, -0.1) is 0 Å². The SMILES string of the molecule is CC.CC=O.CNCC1CN(c2ccc(N(C)CCN(C(=O)CO)C(C)C)c(F)c2)C(=O)O1. The number of carbonyl (C=O) groups is 3. The number of aliphatic hydroxyl groups excluding tert-OH is 1. The molecule has 9 nitrogen and oxygen atoms in total. The highest BCUT2D eigenvalue weighted by Crippen LogP contribution is 2.27. The van der Waals surface area contributed by atoms with Crippen LogP contribution in [0.2, 0.25) is 0 Å². The van der Waals surface area contributed by atoms with Crippen LogP contribution in [0.3, 0.4) is 0 Å². The number of amides is 2. The Labute approximate surface area is 196 Å². The third kappa shape index (κ3) is 9.35. The summed E-state index contributed by atoms with van der Waals surface area (Å²) in [4.78, 5) is 37.3. The largest absolute Gasteiger partial charge is 0.443 e. The lowest BCUT2D eigenvalue weighted by atomic mass is 10.2. The average molecular weight is 471 g/mol. The molecule has 1 saturated heterocycles. The summed E-state index contributed by atoms with van der Waals surface area (Å²) in [5.74, 6) is -0.822. The molecule has 0 bridgehead atoms. The van der Waals surface area contributed by atoms with E-state index in [0.717, 1.165) is 6.29 Å². The number of anilines is 2. The van der Waals surface area contributed by atoms with Crippen molar-refractivity contribution in [1.82, 2.24) is 10.2 Å². The maximum atomic E-state index is 14.7. The zero-order valence-corrected chi connectivity index (χ0v) is 20.8. The quantitative estimate of drug-likeness (QED) is 0.534. The Bertz CT molecular complexity index is 748. The van der Waals surface area contributed by atoms with Gasteiger partial charge in [-0.05, 0) is 46.0 Å². The van der Waals surface area contributed by atoms with Gasteiger partial charge in [0, 0.05) is 32.7 Å². The number of nitrogens with zero attached hydrogens (tertiary/aromatic N) is 3. The maximum absolute atomic E-state index is 14.7. The van der Waals surface area contributed by atoms with E-state index in [1.54, 1.807) is 36.0 Å². The van der Waals surface area contributed by atoms with Gasteiger partial charge in [-0.2, -0.15) is 0 Å². The van der Waals surface area contributed by atoms with Crippen molar-refractivity contribution in [3.05, 3.63) is 24.0 Å². The molecule has 0 aliphatic carbocycles. The summed E-state index contributed by atoms with van der Waals surface area (Å²) in [6.45, 7) is 10.3. The number of hydrogen-bond donors (Lipinski definition) is 2. The van der Waals surface area contributed by atoms with Crippen molar-refractivity contribution in [1.29, 1.82) is 0 Å². The van der Waals surface area contributed by atoms with Gasteiger partial charge in [-0.1, -0.05) is 13.8 Å². The third-order valence-corrected chi connectivity index (χ3v) is 4.72. The zero-order valence-electron chi connectivity index (χ0n) is 20.8. The fraction of sp³-hybridized carbons (Fsp3) is 0.609. The minimum absolute atomic E-state index is 0.0630. The van der Waals surface area contributed by atoms with E-state index in [1.807, 2.05) is 27.7 Å². The number of cyclic esters (lactones) is 1. The van der Waals surface area contributed by atoms with Crippen LogP contribution in [0.4, 0.5) is 20.6 Å². The Morgan fingerprint density at radius 2 is 1.97 bits per heavy atom. The molecule has 0 saturated carbocycles. The molecule has 1 aliphatic rings. The summed E-state index contributed by atoms with van der Waals surface area (Å²) in [5.41, 5.74) is 0.806. The molecule has 2 rings (SSSR count). The van der Waals surface area contributed by atoms with Gasteiger partial charge in [0.2, 0.25) is 5.91 Å². The summed E-state index contributed by atoms with van der Waals surface area (Å²) in [5, 5.41) is 12.0. The molecule has 1 aromatic carbocycles. The molecule has 2 amide bonds. The fourth-order valence-corrected chi connectivity index (χ4v) is 3.18. The molecule has 10 heteroatoms. The molecule has 1 aliphatic heterocycles. The van der Waals surface area contributed by atoms with Gasteiger partial charge in [0.1, 0.15) is 24.8 Å². The second-order valence-corrected chi connectivity index (χ2v) is 7.31. The second kappa shape index (κ2) is 16.0. The summed E-state index contributed by atoms with van der Waals surface area (Å²) < 4.78 is 19.9. The second-order valence-electron chi connectivity index (χ2n) is 7.31. The number of ether oxygens (including phenoxy) is 1. The molecule has 0 radical (unpaired) electrons. The van der Waals surface area contributed by atoms with Crippen molar-refractivity contribution in [2.45, 2.75) is 46.8 Å². The minimum atomic E-state index is -0.550. The number of rotatable bonds is 9. The average Bonchev–Trinajstić information content (AvgIpc) is 3.15. The Balaban J connectivity index is 0.00000189. The molecular weight excluding hydrogens is 431 g/mol. The van der Waals surface area contributed by atoms with E-state index >= 15 is 0 Å². The van der Waals surface area contributed by atoms with Crippen molar-refractivity contribution in [3.63, 3.8) is 0 Å². The van der Waals surface area contributed by atoms with E-state index in [0.29, 0.717) is 37.6 Å². The normalized spacial score (nSPS) is 14.5. The standard InChI is InChI=1S/C19H29FN4O4.C2H4O.C2H6/c1-13(2)23(18(26)12-25)8-7-22(4)17-6-5-14(9-16(17)20)24-11-15(10-21-3)28-19(24)27;1-2-3;1-2/h5-6,9,13,15,21,25H,7-8,10-12H2,1-4H3;2H,1H3;1-2H3. The van der Waals surface area contributed by atoms with E-state index in [2.05, 4.69) is 5.32 Å². The van der Waals surface area contributed by atoms with E-state index in [-0.39, 0.29) is 18.1 Å². The number of aliphatic hydroxyl groups is 1. The molecule has 1 aromatic rings. The molecule has 1 atom stereocenters. The van der Waals surface area contributed by atoms with Crippen LogP contribution in [0.5, 0.6) is 0 Å². The first-order valence-electron chi connectivity index (χ1n) is 11.1. The van der Waals surface area contributed by atoms with Gasteiger partial charge < -0.3 is 29.8 Å². The molecular formula is C23H39FN4O5. The molecule has 1 fully saturated rings. The van der Waals surface area contributed by atoms with Crippen molar-refractivity contribution in [2.75, 3.05) is 56.7 Å². The predicted octanol–water partition coefficient (Wildman–Crippen LogP) is 2.27. The lowest BCUT2D eigenvalue weighted by Gasteiger charge is -2.29. The number of nitrogens with one attached hydrogen (secondary N) is 1. The monoisotopic (exact) mass is 470 g/mol. The number of aldehydes is 1. The van der Waals surface area contributed by atoms with Crippen molar-refractivity contribution in [2.24, 2.45) is 0 Å². The van der Waals surface area contributed by atoms with Crippen molar-refractivity contribution < 1.29 is 28.6 Å². The van der Waals surface area contributed by atoms with Crippen LogP contribution < -0.4 is 15.1 Å². The Kier molecular flexibility index (Phi) is 14.7. The number of carbonyl (C=O) groups excluding carboxylic acids is 3. The topological polar surface area (TPSA) is 102 Å². The summed E-state index contributed by atoms with van der Waals surface area (Å²) in [7, 11) is 3.50. The summed E-state index contributed by atoms with van der Waals surface area (Å²) >= 11 is 0. The molecule has 1 unspecified atom stereocenters. The highest BCUT2D eigenvalue weighted by Gasteiger charge is 2.32. The fourth-order valence-electron chi connectivity index (χ4n) is 3.18. The number of halogens is 1. The molecule has 33 heavy (non-hydrogen) atoms. The zero-order chi connectivity index (χ0) is 25.6. The van der Waals surface area contributed by atoms with Gasteiger partial charge in [-0.25, -0.2) is 9.18 Å². The first-order valence-corrected chi connectivity index (χ1v) is 11.1. The van der Waals surface area contributed by atoms with E-state index in [9.17, 15) is 14.0 Å². The lowest BCUT2D eigenvalue weighted by molar-refractivity contribution is -0.135. The highest BCUT2D eigenvalue weighted by molar-refractivity contribution is 5.90. The van der Waals surface area contributed by atoms with E-state index < -0.39 is 18.5 Å². The van der Waals surface area contributed by atoms with Gasteiger partial charge in [0.25, 0.3) is 0 Å². The molecule has 2 N–H and O–H groups in total. The highest BCUT2D eigenvalue weighted by atomic mass is 19.1. The van der Waals surface area contributed by atoms with E-state index in [1.165, 1.54) is 17.9 Å². The van der Waals surface area contributed by atoms with Gasteiger partial charge in [0.15, 0.2) is 0 Å². The first kappa shape index (κ1) is 30.3. The number of hydrogen-bond acceptors (Lipinski definition) is 7. The number of likely N-dealkylation sites (N-methyl/N-ethyl adjacent to an activating group) is 2. The minimum Gasteiger partial charge on any atom is -0.443 e. The summed E-state index contributed by atoms with van der Waals surface area (Å²) in [6.07, 6.45) is -0.00941. The van der Waals surface area contributed by atoms with Gasteiger partial charge in [0.05, 0.1) is 17.9 Å². The maximum Gasteiger partial charge on any atom is 0.414 e. The van der Waals surface area contributed by atoms with Crippen LogP contribution in [0.1, 0.15) is 34.6 Å². The lowest BCUT2D eigenvalue weighted by Crippen LogP contribution is -2.43. The first-order chi connectivity index (χ1) is 15.7. The van der Waals surface area contributed by atoms with E-state index in [4.69, 9.17) is 14.6 Å². The molecule has 1 heterocycles. The van der Waals surface area contributed by atoms with Crippen LogP contribution >= 0.6 is 0 Å². The van der Waals surface area contributed by atoms with Crippen LogP contribution in [0, 0.1) is 5.82 Å². The van der Waals surface area contributed by atoms with Crippen LogP contribution in [-0.4, -0.2) is 87.3 Å². The molecule has 0 aromatic heterocycles. The predicted molar refractivity (Wildman–Crippen MR) is 128 cm³/mol. The van der Waals surface area contributed by atoms with Gasteiger partial charge >= 0.3 is 6.09 Å². The Morgan fingerprint density at radius 3 is 2.45 bits per heavy atom. The molecule has 0 spiro atoms. The van der Waals surface area contributed by atoms with Crippen LogP contribution in [0.15, 0.2) is 18.2 Å². The Morgan fingerprint density at radius 1 is 1.36 bits per heavy atom. The van der Waals surface area contributed by atoms with Crippen molar-refractivity contribution >= 4 is 29.7 Å². The van der Waals surface area contributed by atoms with Gasteiger partial charge in [-0.3, -0.25) is 9.69 Å². The van der Waals surface area contributed by atoms with Crippen LogP contribution in [0.25, 0.3) is 0 Å². The summed E-state index contributed by atoms with van der Waals surface area (Å²) in [6, 6.07) is 4.54. The van der Waals surface area contributed by atoms with Crippen LogP contribution in [-0.2, 0) is 14.3 Å².